The van der Waals surface area contributed by atoms with Crippen molar-refractivity contribution in [3.63, 3.8) is 0 Å². The molecule has 0 saturated heterocycles. The van der Waals surface area contributed by atoms with E-state index < -0.39 is 17.4 Å². The summed E-state index contributed by atoms with van der Waals surface area (Å²) in [5, 5.41) is 11.3. The van der Waals surface area contributed by atoms with E-state index in [2.05, 4.69) is 17.4 Å². The number of Topliss-reactive ketones (excluding diaryl/α,β-unsaturated/α-hetero) is 1. The van der Waals surface area contributed by atoms with Crippen molar-refractivity contribution < 1.29 is 24.3 Å². The Kier molecular flexibility index (Phi) is 9.86. The average molecular weight is 567 g/mol. The maximum absolute atomic E-state index is 13.8. The van der Waals surface area contributed by atoms with Crippen LogP contribution in [0.4, 0.5) is 0 Å². The summed E-state index contributed by atoms with van der Waals surface area (Å²) >= 11 is 0. The number of allylic oxidation sites excluding steroid dienone is 2. The standard InChI is InChI=1S/C35H38N2O5/c1-35(2,36)29-18-16-26(17-19-29)31(38)22-30(25-10-8-24(9-11-25)23-6-4-3-5-7-23)33(41)27-12-14-28(15-13-27)34(42)37-21-20-32(39)40/h8-19,22-23H,3-7,20-21,36H2,1-2H3,(H,37,42)(H,39,40)/b30-22-. The average Bonchev–Trinajstić information content (AvgIpc) is 2.99. The van der Waals surface area contributed by atoms with Crippen molar-refractivity contribution in [2.45, 2.75) is 63.8 Å². The predicted molar refractivity (Wildman–Crippen MR) is 164 cm³/mol. The van der Waals surface area contributed by atoms with Crippen LogP contribution in [0.25, 0.3) is 5.57 Å². The van der Waals surface area contributed by atoms with Gasteiger partial charge in [-0.3, -0.25) is 19.2 Å². The molecule has 0 atom stereocenters. The fraction of sp³-hybridized carbons (Fsp3) is 0.314. The van der Waals surface area contributed by atoms with Crippen molar-refractivity contribution in [3.05, 3.63) is 112 Å². The van der Waals surface area contributed by atoms with Crippen LogP contribution in [-0.2, 0) is 10.3 Å². The number of carboxylic acids is 1. The molecule has 7 nitrogen and oxygen atoms in total. The van der Waals surface area contributed by atoms with E-state index in [-0.39, 0.29) is 30.1 Å². The van der Waals surface area contributed by atoms with Crippen LogP contribution >= 0.6 is 0 Å². The highest BCUT2D eigenvalue weighted by molar-refractivity contribution is 6.32. The highest BCUT2D eigenvalue weighted by Gasteiger charge is 2.20. The molecule has 4 rings (SSSR count). The fourth-order valence-electron chi connectivity index (χ4n) is 5.24. The Hall–Kier alpha value is -4.36. The number of aliphatic carboxylic acids is 1. The van der Waals surface area contributed by atoms with Crippen molar-refractivity contribution >= 4 is 29.0 Å². The second-order valence-electron chi connectivity index (χ2n) is 11.5. The van der Waals surface area contributed by atoms with Gasteiger partial charge < -0.3 is 16.2 Å². The zero-order valence-corrected chi connectivity index (χ0v) is 24.2. The topological polar surface area (TPSA) is 127 Å². The van der Waals surface area contributed by atoms with Crippen molar-refractivity contribution in [1.82, 2.24) is 5.32 Å². The second-order valence-corrected chi connectivity index (χ2v) is 11.5. The number of nitrogens with two attached hydrogens (primary N) is 1. The van der Waals surface area contributed by atoms with E-state index in [1.54, 1.807) is 24.3 Å². The Morgan fingerprint density at radius 1 is 0.810 bits per heavy atom. The van der Waals surface area contributed by atoms with Gasteiger partial charge in [0.05, 0.1) is 6.42 Å². The Morgan fingerprint density at radius 2 is 1.36 bits per heavy atom. The number of amides is 1. The summed E-state index contributed by atoms with van der Waals surface area (Å²) in [6, 6.07) is 21.1. The van der Waals surface area contributed by atoms with Crippen LogP contribution in [0, 0.1) is 0 Å². The van der Waals surface area contributed by atoms with Crippen LogP contribution < -0.4 is 11.1 Å². The zero-order chi connectivity index (χ0) is 30.3. The third-order valence-electron chi connectivity index (χ3n) is 7.77. The first-order valence-corrected chi connectivity index (χ1v) is 14.4. The minimum atomic E-state index is -1.00. The first-order valence-electron chi connectivity index (χ1n) is 14.4. The van der Waals surface area contributed by atoms with Gasteiger partial charge in [-0.05, 0) is 67.5 Å². The third kappa shape index (κ3) is 7.89. The van der Waals surface area contributed by atoms with Crippen molar-refractivity contribution in [2.75, 3.05) is 6.54 Å². The third-order valence-corrected chi connectivity index (χ3v) is 7.77. The molecule has 0 aromatic heterocycles. The van der Waals surface area contributed by atoms with E-state index in [4.69, 9.17) is 10.8 Å². The molecule has 42 heavy (non-hydrogen) atoms. The number of nitrogens with one attached hydrogen (secondary N) is 1. The van der Waals surface area contributed by atoms with Crippen LogP contribution in [0.3, 0.4) is 0 Å². The lowest BCUT2D eigenvalue weighted by Gasteiger charge is -2.22. The van der Waals surface area contributed by atoms with Gasteiger partial charge in [-0.2, -0.15) is 0 Å². The van der Waals surface area contributed by atoms with Gasteiger partial charge in [-0.25, -0.2) is 0 Å². The summed E-state index contributed by atoms with van der Waals surface area (Å²) in [5.74, 6) is -1.56. The normalized spacial score (nSPS) is 14.3. The second kappa shape index (κ2) is 13.5. The maximum Gasteiger partial charge on any atom is 0.305 e. The van der Waals surface area contributed by atoms with Crippen LogP contribution in [0.2, 0.25) is 0 Å². The van der Waals surface area contributed by atoms with Gasteiger partial charge in [0, 0.05) is 34.3 Å². The molecule has 3 aromatic carbocycles. The largest absolute Gasteiger partial charge is 0.481 e. The van der Waals surface area contributed by atoms with Gasteiger partial charge >= 0.3 is 5.97 Å². The highest BCUT2D eigenvalue weighted by atomic mass is 16.4. The lowest BCUT2D eigenvalue weighted by molar-refractivity contribution is -0.136. The van der Waals surface area contributed by atoms with Gasteiger partial charge in [-0.1, -0.05) is 79.9 Å². The molecular formula is C35H38N2O5. The molecule has 1 amide bonds. The van der Waals surface area contributed by atoms with Gasteiger partial charge in [0.25, 0.3) is 5.91 Å². The molecule has 0 radical (unpaired) electrons. The first-order chi connectivity index (χ1) is 20.0. The summed E-state index contributed by atoms with van der Waals surface area (Å²) in [4.78, 5) is 50.3. The Morgan fingerprint density at radius 3 is 1.93 bits per heavy atom. The van der Waals surface area contributed by atoms with E-state index in [0.29, 0.717) is 28.2 Å². The molecule has 3 aromatic rings. The maximum atomic E-state index is 13.8. The molecule has 0 heterocycles. The summed E-state index contributed by atoms with van der Waals surface area (Å²) < 4.78 is 0. The molecule has 0 aliphatic heterocycles. The number of carboxylic acid groups (broad SMARTS) is 1. The summed E-state index contributed by atoms with van der Waals surface area (Å²) in [6.45, 7) is 3.79. The molecule has 7 heteroatoms. The Bertz CT molecular complexity index is 1460. The lowest BCUT2D eigenvalue weighted by atomic mass is 9.83. The lowest BCUT2D eigenvalue weighted by Crippen LogP contribution is -2.28. The van der Waals surface area contributed by atoms with E-state index >= 15 is 0 Å². The van der Waals surface area contributed by atoms with Crippen molar-refractivity contribution in [2.24, 2.45) is 5.73 Å². The summed E-state index contributed by atoms with van der Waals surface area (Å²) in [7, 11) is 0. The van der Waals surface area contributed by atoms with Gasteiger partial charge in [0.1, 0.15) is 0 Å². The van der Waals surface area contributed by atoms with Crippen LogP contribution in [0.5, 0.6) is 0 Å². The molecule has 0 spiro atoms. The molecule has 0 bridgehead atoms. The smallest absolute Gasteiger partial charge is 0.305 e. The van der Waals surface area contributed by atoms with E-state index in [1.165, 1.54) is 43.0 Å². The first kappa shape index (κ1) is 30.6. The molecule has 4 N–H and O–H groups in total. The molecule has 1 fully saturated rings. The molecule has 0 unspecified atom stereocenters. The van der Waals surface area contributed by atoms with Gasteiger partial charge in [-0.15, -0.1) is 0 Å². The SMILES string of the molecule is CC(C)(N)c1ccc(C(=O)/C=C(\C(=O)c2ccc(C(=O)NCCC(=O)O)cc2)c2ccc(C3CCCCC3)cc2)cc1. The molecular weight excluding hydrogens is 528 g/mol. The summed E-state index contributed by atoms with van der Waals surface area (Å²) in [6.07, 6.45) is 7.22. The highest BCUT2D eigenvalue weighted by Crippen LogP contribution is 2.33. The van der Waals surface area contributed by atoms with Crippen LogP contribution in [0.1, 0.15) is 106 Å². The number of rotatable bonds is 11. The monoisotopic (exact) mass is 566 g/mol. The number of benzene rings is 3. The number of hydrogen-bond acceptors (Lipinski definition) is 5. The predicted octanol–water partition coefficient (Wildman–Crippen LogP) is 6.28. The zero-order valence-electron chi connectivity index (χ0n) is 24.2. The molecule has 218 valence electrons. The summed E-state index contributed by atoms with van der Waals surface area (Å²) in [5.41, 5.74) is 9.76. The Balaban J connectivity index is 1.62. The van der Waals surface area contributed by atoms with Gasteiger partial charge in [0.2, 0.25) is 0 Å². The minimum absolute atomic E-state index is 0.00442. The molecule has 1 aliphatic carbocycles. The fourth-order valence-corrected chi connectivity index (χ4v) is 5.24. The van der Waals surface area contributed by atoms with E-state index in [0.717, 1.165) is 18.4 Å². The van der Waals surface area contributed by atoms with E-state index in [9.17, 15) is 19.2 Å². The number of carbonyl (C=O) groups excluding carboxylic acids is 3. The van der Waals surface area contributed by atoms with E-state index in [1.807, 2.05) is 38.1 Å². The Labute approximate surface area is 246 Å². The van der Waals surface area contributed by atoms with Crippen LogP contribution in [0.15, 0.2) is 78.9 Å². The quantitative estimate of drug-likeness (QED) is 0.185. The number of carbonyl (C=O) groups is 4. The van der Waals surface area contributed by atoms with Crippen molar-refractivity contribution in [3.8, 4) is 0 Å². The van der Waals surface area contributed by atoms with Crippen LogP contribution in [-0.4, -0.2) is 35.1 Å². The van der Waals surface area contributed by atoms with Crippen molar-refractivity contribution in [1.29, 1.82) is 0 Å². The molecule has 1 saturated carbocycles. The van der Waals surface area contributed by atoms with Gasteiger partial charge in [0.15, 0.2) is 11.6 Å². The molecule has 1 aliphatic rings. The minimum Gasteiger partial charge on any atom is -0.481 e. The number of hydrogen-bond donors (Lipinski definition) is 3. The number of ketones is 2.